The van der Waals surface area contributed by atoms with Gasteiger partial charge in [-0.15, -0.1) is 0 Å². The van der Waals surface area contributed by atoms with Crippen molar-refractivity contribution in [3.8, 4) is 11.3 Å². The maximum atomic E-state index is 12.2. The predicted molar refractivity (Wildman–Crippen MR) is 104 cm³/mol. The summed E-state index contributed by atoms with van der Waals surface area (Å²) < 4.78 is 5.26. The van der Waals surface area contributed by atoms with E-state index in [1.54, 1.807) is 6.20 Å². The van der Waals surface area contributed by atoms with E-state index in [9.17, 15) is 4.79 Å². The summed E-state index contributed by atoms with van der Waals surface area (Å²) in [5.41, 5.74) is 4.33. The Hall–Kier alpha value is -2.88. The summed E-state index contributed by atoms with van der Waals surface area (Å²) in [5, 5.41) is 2.94. The lowest BCUT2D eigenvalue weighted by molar-refractivity contribution is -0.116. The summed E-state index contributed by atoms with van der Waals surface area (Å²) in [6.45, 7) is 6.59. The van der Waals surface area contributed by atoms with Gasteiger partial charge in [0.25, 0.3) is 0 Å². The predicted octanol–water partition coefficient (Wildman–Crippen LogP) is 5.21. The Labute approximate surface area is 154 Å². The van der Waals surface area contributed by atoms with Gasteiger partial charge >= 0.3 is 0 Å². The van der Waals surface area contributed by atoms with Gasteiger partial charge in [0, 0.05) is 17.7 Å². The first-order chi connectivity index (χ1) is 12.4. The minimum Gasteiger partial charge on any atom is -0.444 e. The smallest absolute Gasteiger partial charge is 0.224 e. The van der Waals surface area contributed by atoms with Crippen LogP contribution < -0.4 is 5.32 Å². The number of aryl methyl sites for hydroxylation is 1. The molecule has 1 heterocycles. The first kappa shape index (κ1) is 17.9. The quantitative estimate of drug-likeness (QED) is 0.688. The molecular formula is C22H24N2O2. The van der Waals surface area contributed by atoms with E-state index < -0.39 is 0 Å². The third-order valence-electron chi connectivity index (χ3n) is 4.35. The molecule has 1 amide bonds. The summed E-state index contributed by atoms with van der Waals surface area (Å²) in [6.07, 6.45) is 4.25. The van der Waals surface area contributed by atoms with Crippen molar-refractivity contribution in [2.75, 3.05) is 5.32 Å². The molecule has 0 unspecified atom stereocenters. The summed E-state index contributed by atoms with van der Waals surface area (Å²) in [4.78, 5) is 16.1. The number of oxazole rings is 1. The molecular weight excluding hydrogens is 324 g/mol. The molecule has 0 spiro atoms. The van der Waals surface area contributed by atoms with Gasteiger partial charge in [-0.2, -0.15) is 0 Å². The second-order valence-corrected chi connectivity index (χ2v) is 7.44. The number of hydrogen-bond acceptors (Lipinski definition) is 3. The lowest BCUT2D eigenvalue weighted by atomic mass is 9.86. The first-order valence-corrected chi connectivity index (χ1v) is 8.80. The molecule has 0 saturated heterocycles. The highest BCUT2D eigenvalue weighted by molar-refractivity contribution is 5.91. The Bertz CT molecular complexity index is 843. The minimum absolute atomic E-state index is 0.0114. The number of nitrogens with zero attached hydrogens (tertiary/aromatic N) is 1. The monoisotopic (exact) mass is 348 g/mol. The zero-order chi connectivity index (χ0) is 18.6. The van der Waals surface area contributed by atoms with Crippen LogP contribution >= 0.6 is 0 Å². The number of aromatic nitrogens is 1. The molecule has 0 saturated carbocycles. The molecule has 0 aliphatic heterocycles. The number of rotatable bonds is 5. The largest absolute Gasteiger partial charge is 0.444 e. The molecule has 1 aromatic heterocycles. The van der Waals surface area contributed by atoms with Crippen molar-refractivity contribution in [1.82, 2.24) is 4.98 Å². The number of anilines is 1. The van der Waals surface area contributed by atoms with Crippen molar-refractivity contribution in [2.24, 2.45) is 0 Å². The molecule has 26 heavy (non-hydrogen) atoms. The van der Waals surface area contributed by atoms with Gasteiger partial charge in [-0.3, -0.25) is 4.79 Å². The van der Waals surface area contributed by atoms with E-state index in [-0.39, 0.29) is 11.3 Å². The van der Waals surface area contributed by atoms with Crippen LogP contribution in [0.3, 0.4) is 0 Å². The van der Waals surface area contributed by atoms with E-state index in [1.165, 1.54) is 17.5 Å². The topological polar surface area (TPSA) is 55.1 Å². The van der Waals surface area contributed by atoms with Crippen LogP contribution in [0.2, 0.25) is 0 Å². The number of benzene rings is 2. The molecule has 0 aliphatic rings. The normalized spacial score (nSPS) is 11.3. The summed E-state index contributed by atoms with van der Waals surface area (Å²) >= 11 is 0. The fourth-order valence-electron chi connectivity index (χ4n) is 2.73. The van der Waals surface area contributed by atoms with Gasteiger partial charge in [0.05, 0.1) is 6.20 Å². The van der Waals surface area contributed by atoms with Crippen molar-refractivity contribution >= 4 is 11.6 Å². The lowest BCUT2D eigenvalue weighted by Crippen LogP contribution is -2.13. The molecule has 2 aromatic carbocycles. The Kier molecular flexibility index (Phi) is 5.21. The Morgan fingerprint density at radius 3 is 2.31 bits per heavy atom. The van der Waals surface area contributed by atoms with Crippen molar-refractivity contribution in [1.29, 1.82) is 0 Å². The van der Waals surface area contributed by atoms with E-state index in [0.29, 0.717) is 12.2 Å². The molecule has 0 bridgehead atoms. The molecule has 3 aromatic rings. The zero-order valence-electron chi connectivity index (χ0n) is 15.5. The first-order valence-electron chi connectivity index (χ1n) is 8.80. The summed E-state index contributed by atoms with van der Waals surface area (Å²) in [5.74, 6) is 0.721. The second kappa shape index (κ2) is 7.56. The molecule has 3 rings (SSSR count). The van der Waals surface area contributed by atoms with Gasteiger partial charge in [-0.1, -0.05) is 45.0 Å². The average molecular weight is 348 g/mol. The van der Waals surface area contributed by atoms with Crippen LogP contribution in [0.25, 0.3) is 11.3 Å². The van der Waals surface area contributed by atoms with Crippen LogP contribution in [0.5, 0.6) is 0 Å². The number of nitrogens with one attached hydrogen (secondary N) is 1. The van der Waals surface area contributed by atoms with Gasteiger partial charge in [0.1, 0.15) is 0 Å². The van der Waals surface area contributed by atoms with E-state index in [2.05, 4.69) is 55.3 Å². The lowest BCUT2D eigenvalue weighted by Gasteiger charge is -2.19. The highest BCUT2D eigenvalue weighted by Gasteiger charge is 2.13. The number of hydrogen-bond donors (Lipinski definition) is 1. The van der Waals surface area contributed by atoms with Crippen molar-refractivity contribution in [2.45, 2.75) is 39.0 Å². The average Bonchev–Trinajstić information content (AvgIpc) is 3.15. The molecule has 0 atom stereocenters. The standard InChI is InChI=1S/C22H24N2O2/c1-22(2,3)18-9-4-16(5-10-18)6-13-21(25)24-19-11-7-17(8-12-19)20-14-23-15-26-20/h4-5,7-12,14-15H,6,13H2,1-3H3,(H,24,25). The number of carbonyl (C=O) groups excluding carboxylic acids is 1. The van der Waals surface area contributed by atoms with Crippen LogP contribution in [-0.2, 0) is 16.6 Å². The molecule has 0 fully saturated rings. The van der Waals surface area contributed by atoms with Crippen LogP contribution in [0.4, 0.5) is 5.69 Å². The number of amides is 1. The minimum atomic E-state index is 0.0114. The van der Waals surface area contributed by atoms with Gasteiger partial charge in [-0.05, 0) is 47.2 Å². The summed E-state index contributed by atoms with van der Waals surface area (Å²) in [6, 6.07) is 16.1. The van der Waals surface area contributed by atoms with Crippen LogP contribution in [-0.4, -0.2) is 10.9 Å². The van der Waals surface area contributed by atoms with Crippen LogP contribution in [0.15, 0.2) is 65.5 Å². The second-order valence-electron chi connectivity index (χ2n) is 7.44. The Morgan fingerprint density at radius 1 is 1.04 bits per heavy atom. The zero-order valence-corrected chi connectivity index (χ0v) is 15.5. The number of carbonyl (C=O) groups is 1. The van der Waals surface area contributed by atoms with Gasteiger partial charge in [0.2, 0.25) is 5.91 Å². The third-order valence-corrected chi connectivity index (χ3v) is 4.35. The van der Waals surface area contributed by atoms with Crippen molar-refractivity contribution < 1.29 is 9.21 Å². The molecule has 4 heteroatoms. The van der Waals surface area contributed by atoms with Gasteiger partial charge < -0.3 is 9.73 Å². The Balaban J connectivity index is 1.52. The third kappa shape index (κ3) is 4.60. The maximum Gasteiger partial charge on any atom is 0.224 e. The highest BCUT2D eigenvalue weighted by atomic mass is 16.3. The fraction of sp³-hybridized carbons (Fsp3) is 0.273. The van der Waals surface area contributed by atoms with E-state index >= 15 is 0 Å². The fourth-order valence-corrected chi connectivity index (χ4v) is 2.73. The van der Waals surface area contributed by atoms with E-state index in [0.717, 1.165) is 17.7 Å². The summed E-state index contributed by atoms with van der Waals surface area (Å²) in [7, 11) is 0. The van der Waals surface area contributed by atoms with Crippen molar-refractivity contribution in [3.05, 3.63) is 72.2 Å². The van der Waals surface area contributed by atoms with Crippen LogP contribution in [0.1, 0.15) is 38.3 Å². The van der Waals surface area contributed by atoms with E-state index in [1.807, 2.05) is 24.3 Å². The molecule has 134 valence electrons. The van der Waals surface area contributed by atoms with Gasteiger partial charge in [0.15, 0.2) is 12.2 Å². The maximum absolute atomic E-state index is 12.2. The molecule has 4 nitrogen and oxygen atoms in total. The van der Waals surface area contributed by atoms with Crippen molar-refractivity contribution in [3.63, 3.8) is 0 Å². The van der Waals surface area contributed by atoms with Gasteiger partial charge in [-0.25, -0.2) is 4.98 Å². The molecule has 1 N–H and O–H groups in total. The molecule has 0 aliphatic carbocycles. The molecule has 0 radical (unpaired) electrons. The highest BCUT2D eigenvalue weighted by Crippen LogP contribution is 2.23. The van der Waals surface area contributed by atoms with Crippen LogP contribution in [0, 0.1) is 0 Å². The SMILES string of the molecule is CC(C)(C)c1ccc(CCC(=O)Nc2ccc(-c3cnco3)cc2)cc1. The Morgan fingerprint density at radius 2 is 1.73 bits per heavy atom. The van der Waals surface area contributed by atoms with E-state index in [4.69, 9.17) is 4.42 Å².